The van der Waals surface area contributed by atoms with Crippen molar-refractivity contribution in [3.63, 3.8) is 0 Å². The second-order valence-corrected chi connectivity index (χ2v) is 10.8. The number of aromatic nitrogens is 1. The van der Waals surface area contributed by atoms with Gasteiger partial charge in [-0.3, -0.25) is 19.0 Å². The number of nitrogens with one attached hydrogen (secondary N) is 1. The molecule has 0 radical (unpaired) electrons. The van der Waals surface area contributed by atoms with Crippen molar-refractivity contribution >= 4 is 51.7 Å². The van der Waals surface area contributed by atoms with Crippen LogP contribution in [0, 0.1) is 5.92 Å². The van der Waals surface area contributed by atoms with Gasteiger partial charge in [-0.2, -0.15) is 0 Å². The lowest BCUT2D eigenvalue weighted by molar-refractivity contribution is -0.884. The zero-order chi connectivity index (χ0) is 24.0. The van der Waals surface area contributed by atoms with Gasteiger partial charge in [0.2, 0.25) is 0 Å². The standard InChI is InChI=1S/C21H24N6O5S2/c1-32-25-14(13-10-34-21(22)23-13)17(28)24-15-18(29)26-16(20(30)31)12(9-33-19(15)26)8-27-5-2-11(3-6-27)4-7-27/h2,5,10-11,15,19H,3-4,6-9H2,1H3,(H3-,22,23,24,28,30,31)/p+1/b25-14-/t11?,15-,19-,27?/m1/s1. The van der Waals surface area contributed by atoms with Crippen LogP contribution in [0.25, 0.3) is 0 Å². The molecule has 2 bridgehead atoms. The molecule has 0 unspecified atom stereocenters. The number of nitrogens with two attached hydrogens (primary N) is 1. The summed E-state index contributed by atoms with van der Waals surface area (Å²) in [6, 6.07) is -0.871. The van der Waals surface area contributed by atoms with Crippen LogP contribution in [-0.2, 0) is 19.2 Å². The van der Waals surface area contributed by atoms with Gasteiger partial charge in [0, 0.05) is 29.5 Å². The Bertz CT molecular complexity index is 1140. The second-order valence-electron chi connectivity index (χ2n) is 8.81. The monoisotopic (exact) mass is 505 g/mol. The lowest BCUT2D eigenvalue weighted by Crippen LogP contribution is -2.71. The van der Waals surface area contributed by atoms with E-state index in [0.29, 0.717) is 18.2 Å². The average Bonchev–Trinajstić information content (AvgIpc) is 3.27. The molecule has 13 heteroatoms. The largest absolute Gasteiger partial charge is 0.477 e. The first-order valence-electron chi connectivity index (χ1n) is 10.9. The number of carbonyl (C=O) groups excluding carboxylic acids is 2. The Balaban J connectivity index is 1.34. The molecule has 0 aromatic carbocycles. The van der Waals surface area contributed by atoms with Crippen LogP contribution in [0.3, 0.4) is 0 Å². The Morgan fingerprint density at radius 3 is 2.76 bits per heavy atom. The van der Waals surface area contributed by atoms with Crippen molar-refractivity contribution < 1.29 is 28.8 Å². The minimum Gasteiger partial charge on any atom is -0.477 e. The number of hydrogen-bond donors (Lipinski definition) is 3. The molecule has 180 valence electrons. The van der Waals surface area contributed by atoms with Gasteiger partial charge in [0.25, 0.3) is 11.8 Å². The number of thiazole rings is 1. The molecule has 6 rings (SSSR count). The Kier molecular flexibility index (Phi) is 5.86. The van der Waals surface area contributed by atoms with Gasteiger partial charge in [-0.25, -0.2) is 9.78 Å². The third-order valence-corrected chi connectivity index (χ3v) is 8.78. The fourth-order valence-corrected chi connectivity index (χ4v) is 6.93. The van der Waals surface area contributed by atoms with Crippen LogP contribution in [0.1, 0.15) is 18.5 Å². The van der Waals surface area contributed by atoms with Gasteiger partial charge in [-0.15, -0.1) is 23.1 Å². The number of oxime groups is 1. The van der Waals surface area contributed by atoms with Crippen LogP contribution in [0.5, 0.6) is 0 Å². The molecule has 5 aliphatic rings. The van der Waals surface area contributed by atoms with E-state index in [4.69, 9.17) is 10.6 Å². The summed E-state index contributed by atoms with van der Waals surface area (Å²) in [6.07, 6.45) is 6.65. The maximum atomic E-state index is 13.0. The minimum absolute atomic E-state index is 0.0471. The van der Waals surface area contributed by atoms with E-state index in [-0.39, 0.29) is 22.2 Å². The van der Waals surface area contributed by atoms with E-state index in [2.05, 4.69) is 27.7 Å². The van der Waals surface area contributed by atoms with Crippen LogP contribution >= 0.6 is 23.1 Å². The van der Waals surface area contributed by atoms with Crippen molar-refractivity contribution in [3.8, 4) is 0 Å². The van der Waals surface area contributed by atoms with Gasteiger partial charge >= 0.3 is 5.97 Å². The topological polar surface area (TPSA) is 147 Å². The number of aliphatic carboxylic acids is 1. The van der Waals surface area contributed by atoms with Gasteiger partial charge in [-0.05, 0) is 12.0 Å². The van der Waals surface area contributed by atoms with E-state index >= 15 is 0 Å². The number of carboxylic acid groups (broad SMARTS) is 1. The molecule has 0 saturated carbocycles. The summed E-state index contributed by atoms with van der Waals surface area (Å²) < 4.78 is 0.740. The zero-order valence-electron chi connectivity index (χ0n) is 18.5. The number of hydrogen-bond acceptors (Lipinski definition) is 9. The molecule has 1 aromatic rings. The number of carbonyl (C=O) groups is 3. The number of anilines is 1. The lowest BCUT2D eigenvalue weighted by Gasteiger charge is -2.51. The van der Waals surface area contributed by atoms with E-state index in [0.717, 1.165) is 47.3 Å². The molecule has 11 nitrogen and oxygen atoms in total. The number of nitrogen functional groups attached to an aromatic ring is 1. The summed E-state index contributed by atoms with van der Waals surface area (Å²) in [5.41, 5.74) is 6.60. The zero-order valence-corrected chi connectivity index (χ0v) is 20.1. The van der Waals surface area contributed by atoms with Crippen LogP contribution in [0.15, 0.2) is 34.1 Å². The molecule has 2 amide bonds. The van der Waals surface area contributed by atoms with E-state index in [1.54, 1.807) is 5.38 Å². The number of allylic oxidation sites excluding steroid dienone is 1. The number of rotatable bonds is 7. The van der Waals surface area contributed by atoms with Crippen LogP contribution in [0.2, 0.25) is 0 Å². The Hall–Kier alpha value is -2.90. The molecule has 2 fully saturated rings. The van der Waals surface area contributed by atoms with Crippen molar-refractivity contribution in [2.75, 3.05) is 38.2 Å². The number of quaternary nitrogens is 1. The van der Waals surface area contributed by atoms with Crippen LogP contribution in [0.4, 0.5) is 5.13 Å². The maximum absolute atomic E-state index is 13.0. The minimum atomic E-state index is -1.12. The molecule has 0 aliphatic carbocycles. The van der Waals surface area contributed by atoms with Gasteiger partial charge in [-0.1, -0.05) is 5.16 Å². The fourth-order valence-electron chi connectivity index (χ4n) is 5.05. The van der Waals surface area contributed by atoms with Crippen molar-refractivity contribution in [2.24, 2.45) is 11.1 Å². The Labute approximate surface area is 203 Å². The molecule has 5 aliphatic heterocycles. The first-order valence-corrected chi connectivity index (χ1v) is 12.8. The summed E-state index contributed by atoms with van der Waals surface area (Å²) in [5.74, 6) is -1.10. The molecule has 1 aromatic heterocycles. The van der Waals surface area contributed by atoms with Crippen molar-refractivity contribution in [2.45, 2.75) is 24.3 Å². The number of β-lactam (4-membered cyclic amide) rings is 1. The van der Waals surface area contributed by atoms with Gasteiger partial charge in [0.1, 0.15) is 36.5 Å². The third kappa shape index (κ3) is 3.87. The van der Waals surface area contributed by atoms with Crippen molar-refractivity contribution in [1.29, 1.82) is 0 Å². The number of piperidine rings is 1. The van der Waals surface area contributed by atoms with E-state index in [1.165, 1.54) is 23.8 Å². The molecule has 6 heterocycles. The van der Waals surface area contributed by atoms with Crippen LogP contribution in [-0.4, -0.2) is 86.9 Å². The summed E-state index contributed by atoms with van der Waals surface area (Å²) in [6.45, 7) is 2.56. The number of amides is 2. The van der Waals surface area contributed by atoms with E-state index < -0.39 is 29.2 Å². The van der Waals surface area contributed by atoms with E-state index in [9.17, 15) is 19.5 Å². The molecular weight excluding hydrogens is 480 g/mol. The van der Waals surface area contributed by atoms with Gasteiger partial charge < -0.3 is 21.0 Å². The molecule has 4 N–H and O–H groups in total. The number of fused-ring (bicyclic) bond motifs is 3. The quantitative estimate of drug-likeness (QED) is 0.211. The predicted octanol–water partition coefficient (Wildman–Crippen LogP) is 0.569. The van der Waals surface area contributed by atoms with Crippen molar-refractivity contribution in [3.05, 3.63) is 34.6 Å². The predicted molar refractivity (Wildman–Crippen MR) is 126 cm³/mol. The average molecular weight is 506 g/mol. The van der Waals surface area contributed by atoms with Gasteiger partial charge in [0.05, 0.1) is 19.3 Å². The second kappa shape index (κ2) is 8.71. The SMILES string of the molecule is CO/N=C(\C(=O)N[C@@H]1C(=O)N2C(C(=O)O)=C(C[N+]34C=CC(CC3)CC4)CS[C@H]12)c1csc(N)n1. The summed E-state index contributed by atoms with van der Waals surface area (Å²) in [7, 11) is 1.30. The highest BCUT2D eigenvalue weighted by Gasteiger charge is 2.55. The normalized spacial score (nSPS) is 30.1. The third-order valence-electron chi connectivity index (χ3n) is 6.77. The Morgan fingerprint density at radius 2 is 2.18 bits per heavy atom. The number of thioether (sulfide) groups is 1. The molecular formula is C21H25N6O5S2+. The summed E-state index contributed by atoms with van der Waals surface area (Å²) >= 11 is 2.61. The van der Waals surface area contributed by atoms with Crippen molar-refractivity contribution in [1.82, 2.24) is 15.2 Å². The Morgan fingerprint density at radius 1 is 1.41 bits per heavy atom. The first-order chi connectivity index (χ1) is 16.3. The highest BCUT2D eigenvalue weighted by Crippen LogP contribution is 2.42. The smallest absolute Gasteiger partial charge is 0.352 e. The number of carboxylic acids is 1. The molecule has 2 saturated heterocycles. The van der Waals surface area contributed by atoms with Gasteiger partial charge in [0.15, 0.2) is 10.8 Å². The first kappa shape index (κ1) is 22.9. The fraction of sp³-hybridized carbons (Fsp3) is 0.476. The highest BCUT2D eigenvalue weighted by atomic mass is 32.2. The maximum Gasteiger partial charge on any atom is 0.352 e. The number of nitrogens with zero attached hydrogens (tertiary/aromatic N) is 4. The summed E-state index contributed by atoms with van der Waals surface area (Å²) in [4.78, 5) is 48.3. The van der Waals surface area contributed by atoms with E-state index in [1.807, 2.05) is 0 Å². The lowest BCUT2D eigenvalue weighted by atomic mass is 9.90. The molecule has 2 atom stereocenters. The molecule has 0 spiro atoms. The molecule has 34 heavy (non-hydrogen) atoms. The highest BCUT2D eigenvalue weighted by molar-refractivity contribution is 8.00. The summed E-state index contributed by atoms with van der Waals surface area (Å²) in [5, 5.41) is 17.7. The van der Waals surface area contributed by atoms with Crippen LogP contribution < -0.4 is 11.1 Å².